The Bertz CT molecular complexity index is 324. The molecule has 0 bridgehead atoms. The van der Waals surface area contributed by atoms with Crippen LogP contribution >= 0.6 is 0 Å². The fraction of sp³-hybridized carbons (Fsp3) is 0.846. The van der Waals surface area contributed by atoms with Gasteiger partial charge in [-0.25, -0.2) is 0 Å². The molecule has 104 valence electrons. The van der Waals surface area contributed by atoms with Crippen molar-refractivity contribution in [2.75, 3.05) is 0 Å². The molecule has 0 heterocycles. The minimum absolute atomic E-state index is 0.124. The van der Waals surface area contributed by atoms with Crippen LogP contribution in [0.4, 0.5) is 0 Å². The van der Waals surface area contributed by atoms with Gasteiger partial charge in [-0.1, -0.05) is 0 Å². The SMILES string of the molecule is CC(=O)OC1CCC(N)(C(=O)OC(C)(C)C)CC1. The molecule has 0 amide bonds. The Morgan fingerprint density at radius 3 is 2.11 bits per heavy atom. The quantitative estimate of drug-likeness (QED) is 0.759. The maximum Gasteiger partial charge on any atom is 0.326 e. The van der Waals surface area contributed by atoms with Gasteiger partial charge in [0.05, 0.1) is 0 Å². The van der Waals surface area contributed by atoms with E-state index in [0.29, 0.717) is 25.7 Å². The normalized spacial score (nSPS) is 28.6. The summed E-state index contributed by atoms with van der Waals surface area (Å²) >= 11 is 0. The summed E-state index contributed by atoms with van der Waals surface area (Å²) in [5.41, 5.74) is 4.62. The average molecular weight is 257 g/mol. The summed E-state index contributed by atoms with van der Waals surface area (Å²) in [4.78, 5) is 22.9. The minimum Gasteiger partial charge on any atom is -0.463 e. The molecule has 18 heavy (non-hydrogen) atoms. The first-order chi connectivity index (χ1) is 8.12. The van der Waals surface area contributed by atoms with Gasteiger partial charge in [-0.15, -0.1) is 0 Å². The van der Waals surface area contributed by atoms with Crippen LogP contribution in [0.3, 0.4) is 0 Å². The third-order valence-corrected chi connectivity index (χ3v) is 2.96. The van der Waals surface area contributed by atoms with Gasteiger partial charge in [0.2, 0.25) is 0 Å². The number of esters is 2. The molecule has 1 saturated carbocycles. The third kappa shape index (κ3) is 4.29. The maximum atomic E-state index is 12.0. The van der Waals surface area contributed by atoms with Crippen LogP contribution in [0.1, 0.15) is 53.4 Å². The van der Waals surface area contributed by atoms with Crippen LogP contribution in [0.15, 0.2) is 0 Å². The van der Waals surface area contributed by atoms with Gasteiger partial charge in [-0.3, -0.25) is 9.59 Å². The largest absolute Gasteiger partial charge is 0.463 e. The Labute approximate surface area is 108 Å². The van der Waals surface area contributed by atoms with E-state index in [4.69, 9.17) is 15.2 Å². The Hall–Kier alpha value is -1.10. The molecule has 0 saturated heterocycles. The fourth-order valence-electron chi connectivity index (χ4n) is 2.04. The predicted molar refractivity (Wildman–Crippen MR) is 66.8 cm³/mol. The lowest BCUT2D eigenvalue weighted by atomic mass is 9.81. The van der Waals surface area contributed by atoms with Crippen molar-refractivity contribution in [3.63, 3.8) is 0 Å². The zero-order valence-corrected chi connectivity index (χ0v) is 11.6. The molecule has 1 rings (SSSR count). The van der Waals surface area contributed by atoms with Crippen LogP contribution in [0.2, 0.25) is 0 Å². The Kier molecular flexibility index (Phi) is 4.37. The molecule has 0 aromatic rings. The highest BCUT2D eigenvalue weighted by Gasteiger charge is 2.41. The lowest BCUT2D eigenvalue weighted by Crippen LogP contribution is -2.54. The smallest absolute Gasteiger partial charge is 0.326 e. The van der Waals surface area contributed by atoms with Crippen molar-refractivity contribution in [1.82, 2.24) is 0 Å². The predicted octanol–water partition coefficient (Wildman–Crippen LogP) is 1.53. The van der Waals surface area contributed by atoms with Gasteiger partial charge in [-0.05, 0) is 46.5 Å². The summed E-state index contributed by atoms with van der Waals surface area (Å²) in [5.74, 6) is -0.655. The van der Waals surface area contributed by atoms with Crippen molar-refractivity contribution < 1.29 is 19.1 Å². The zero-order valence-electron chi connectivity index (χ0n) is 11.6. The van der Waals surface area contributed by atoms with Crippen molar-refractivity contribution in [2.24, 2.45) is 5.73 Å². The summed E-state index contributed by atoms with van der Waals surface area (Å²) < 4.78 is 10.4. The zero-order chi connectivity index (χ0) is 14.0. The van der Waals surface area contributed by atoms with Crippen LogP contribution in [0.5, 0.6) is 0 Å². The van der Waals surface area contributed by atoms with E-state index in [0.717, 1.165) is 0 Å². The molecule has 0 aromatic carbocycles. The first-order valence-electron chi connectivity index (χ1n) is 6.32. The fourth-order valence-corrected chi connectivity index (χ4v) is 2.04. The molecule has 5 nitrogen and oxygen atoms in total. The van der Waals surface area contributed by atoms with Crippen molar-refractivity contribution >= 4 is 11.9 Å². The molecule has 0 aromatic heterocycles. The summed E-state index contributed by atoms with van der Waals surface area (Å²) in [6.45, 7) is 6.84. The van der Waals surface area contributed by atoms with Gasteiger partial charge in [0, 0.05) is 6.92 Å². The Balaban J connectivity index is 2.53. The Morgan fingerprint density at radius 2 is 1.72 bits per heavy atom. The summed E-state index contributed by atoms with van der Waals surface area (Å²) in [5, 5.41) is 0. The molecular weight excluding hydrogens is 234 g/mol. The van der Waals surface area contributed by atoms with Crippen LogP contribution in [0, 0.1) is 0 Å². The minimum atomic E-state index is -0.941. The first kappa shape index (κ1) is 15.0. The second-order valence-electron chi connectivity index (χ2n) is 5.97. The van der Waals surface area contributed by atoms with Gasteiger partial charge in [-0.2, -0.15) is 0 Å². The molecule has 5 heteroatoms. The number of rotatable bonds is 2. The molecule has 0 atom stereocenters. The summed E-state index contributed by atoms with van der Waals surface area (Å²) in [7, 11) is 0. The van der Waals surface area contributed by atoms with Gasteiger partial charge in [0.25, 0.3) is 0 Å². The van der Waals surface area contributed by atoms with E-state index in [1.165, 1.54) is 6.92 Å². The lowest BCUT2D eigenvalue weighted by molar-refractivity contribution is -0.164. The van der Waals surface area contributed by atoms with Gasteiger partial charge >= 0.3 is 11.9 Å². The highest BCUT2D eigenvalue weighted by molar-refractivity contribution is 5.81. The number of nitrogens with two attached hydrogens (primary N) is 1. The van der Waals surface area contributed by atoms with E-state index in [-0.39, 0.29) is 18.0 Å². The number of carbonyl (C=O) groups is 2. The van der Waals surface area contributed by atoms with E-state index in [9.17, 15) is 9.59 Å². The topological polar surface area (TPSA) is 78.6 Å². The second kappa shape index (κ2) is 5.26. The average Bonchev–Trinajstić information content (AvgIpc) is 2.18. The van der Waals surface area contributed by atoms with E-state index >= 15 is 0 Å². The first-order valence-corrected chi connectivity index (χ1v) is 6.32. The monoisotopic (exact) mass is 257 g/mol. The molecule has 1 aliphatic carbocycles. The lowest BCUT2D eigenvalue weighted by Gasteiger charge is -2.36. The molecule has 1 fully saturated rings. The Morgan fingerprint density at radius 1 is 1.22 bits per heavy atom. The van der Waals surface area contributed by atoms with E-state index in [1.54, 1.807) is 0 Å². The molecule has 0 spiro atoms. The number of ether oxygens (including phenoxy) is 2. The molecule has 0 radical (unpaired) electrons. The molecule has 2 N–H and O–H groups in total. The molecular formula is C13H23NO4. The summed E-state index contributed by atoms with van der Waals surface area (Å²) in [6.07, 6.45) is 2.06. The van der Waals surface area contributed by atoms with E-state index < -0.39 is 11.1 Å². The van der Waals surface area contributed by atoms with Crippen molar-refractivity contribution in [1.29, 1.82) is 0 Å². The second-order valence-corrected chi connectivity index (χ2v) is 5.97. The molecule has 0 unspecified atom stereocenters. The molecule has 0 aliphatic heterocycles. The highest BCUT2D eigenvalue weighted by Crippen LogP contribution is 2.30. The van der Waals surface area contributed by atoms with Crippen molar-refractivity contribution in [3.8, 4) is 0 Å². The maximum absolute atomic E-state index is 12.0. The van der Waals surface area contributed by atoms with E-state index in [2.05, 4.69) is 0 Å². The standard InChI is InChI=1S/C13H23NO4/c1-9(15)17-10-5-7-13(14,8-6-10)11(16)18-12(2,3)4/h10H,5-8,14H2,1-4H3. The number of carbonyl (C=O) groups excluding carboxylic acids is 2. The van der Waals surface area contributed by atoms with E-state index in [1.807, 2.05) is 20.8 Å². The van der Waals surface area contributed by atoms with Crippen molar-refractivity contribution in [2.45, 2.75) is 70.6 Å². The van der Waals surface area contributed by atoms with Crippen LogP contribution < -0.4 is 5.73 Å². The number of hydrogen-bond acceptors (Lipinski definition) is 5. The highest BCUT2D eigenvalue weighted by atomic mass is 16.6. The van der Waals surface area contributed by atoms with Gasteiger partial charge < -0.3 is 15.2 Å². The summed E-state index contributed by atoms with van der Waals surface area (Å²) in [6, 6.07) is 0. The third-order valence-electron chi connectivity index (χ3n) is 2.96. The van der Waals surface area contributed by atoms with Crippen molar-refractivity contribution in [3.05, 3.63) is 0 Å². The number of hydrogen-bond donors (Lipinski definition) is 1. The van der Waals surface area contributed by atoms with Crippen LogP contribution in [0.25, 0.3) is 0 Å². The van der Waals surface area contributed by atoms with Crippen LogP contribution in [-0.2, 0) is 19.1 Å². The van der Waals surface area contributed by atoms with Crippen LogP contribution in [-0.4, -0.2) is 29.2 Å². The molecule has 1 aliphatic rings. The van der Waals surface area contributed by atoms with Gasteiger partial charge in [0.15, 0.2) is 0 Å². The van der Waals surface area contributed by atoms with Gasteiger partial charge in [0.1, 0.15) is 17.2 Å².